The topological polar surface area (TPSA) is 68.9 Å². The lowest BCUT2D eigenvalue weighted by atomic mass is 9.76. The first-order valence-electron chi connectivity index (χ1n) is 8.17. The van der Waals surface area contributed by atoms with E-state index in [-0.39, 0.29) is 17.8 Å². The first kappa shape index (κ1) is 17.1. The molecule has 0 saturated heterocycles. The van der Waals surface area contributed by atoms with Crippen molar-refractivity contribution in [3.8, 4) is 11.5 Å². The zero-order valence-electron chi connectivity index (χ0n) is 14.3. The summed E-state index contributed by atoms with van der Waals surface area (Å²) in [6.45, 7) is 0. The summed E-state index contributed by atoms with van der Waals surface area (Å²) in [5, 5.41) is 3.05. The average molecular weight is 343 g/mol. The van der Waals surface area contributed by atoms with E-state index < -0.39 is 0 Å². The van der Waals surface area contributed by atoms with Crippen LogP contribution in [0.5, 0.6) is 11.5 Å². The number of anilines is 1. The summed E-state index contributed by atoms with van der Waals surface area (Å²) in [4.78, 5) is 4.47. The van der Waals surface area contributed by atoms with Gasteiger partial charge < -0.3 is 20.5 Å². The second-order valence-electron chi connectivity index (χ2n) is 6.05. The molecule has 2 aromatic carbocycles. The van der Waals surface area contributed by atoms with Gasteiger partial charge in [-0.2, -0.15) is 0 Å². The Morgan fingerprint density at radius 1 is 1.12 bits per heavy atom. The van der Waals surface area contributed by atoms with E-state index in [4.69, 9.17) is 15.2 Å². The first-order valence-corrected chi connectivity index (χ1v) is 8.17. The van der Waals surface area contributed by atoms with E-state index in [1.165, 1.54) is 6.07 Å². The van der Waals surface area contributed by atoms with Crippen LogP contribution in [0.25, 0.3) is 0 Å². The number of hydrogen-bond donors (Lipinski definition) is 2. The number of nitrogens with one attached hydrogen (secondary N) is 1. The molecule has 0 aromatic heterocycles. The summed E-state index contributed by atoms with van der Waals surface area (Å²) in [5.74, 6) is 1.67. The maximum absolute atomic E-state index is 13.8. The van der Waals surface area contributed by atoms with E-state index in [9.17, 15) is 4.39 Å². The lowest BCUT2D eigenvalue weighted by Crippen LogP contribution is -2.31. The third kappa shape index (κ3) is 3.84. The van der Waals surface area contributed by atoms with Crippen LogP contribution in [0.3, 0.4) is 0 Å². The molecule has 0 atom stereocenters. The first-order chi connectivity index (χ1) is 12.1. The number of benzene rings is 2. The van der Waals surface area contributed by atoms with Gasteiger partial charge in [0.05, 0.1) is 20.3 Å². The molecule has 5 nitrogen and oxygen atoms in total. The fourth-order valence-electron chi connectivity index (χ4n) is 3.04. The molecule has 0 radical (unpaired) electrons. The molecule has 1 aliphatic rings. The number of guanidine groups is 1. The van der Waals surface area contributed by atoms with Crippen LogP contribution in [0.15, 0.2) is 47.5 Å². The summed E-state index contributed by atoms with van der Waals surface area (Å²) < 4.78 is 24.2. The van der Waals surface area contributed by atoms with Crippen LogP contribution >= 0.6 is 0 Å². The molecule has 1 aliphatic carbocycles. The van der Waals surface area contributed by atoms with Crippen LogP contribution in [-0.2, 0) is 0 Å². The molecule has 2 aromatic rings. The molecule has 132 valence electrons. The van der Waals surface area contributed by atoms with Gasteiger partial charge in [-0.3, -0.25) is 0 Å². The summed E-state index contributed by atoms with van der Waals surface area (Å²) in [6, 6.07) is 12.4. The molecule has 1 saturated carbocycles. The number of rotatable bonds is 5. The average Bonchev–Trinajstić information content (AvgIpc) is 2.58. The standard InChI is InChI=1S/C19H22FN3O2/c1-24-17-8-7-13(11-18(17)25-2)22-19(21)23-14-9-12(10-14)15-5-3-4-6-16(15)20/h3-8,11-12,14H,9-10H2,1-2H3,(H3,21,22,23). The second-order valence-corrected chi connectivity index (χ2v) is 6.05. The summed E-state index contributed by atoms with van der Waals surface area (Å²) in [5.41, 5.74) is 7.52. The van der Waals surface area contributed by atoms with Gasteiger partial charge in [-0.15, -0.1) is 0 Å². The summed E-state index contributed by atoms with van der Waals surface area (Å²) >= 11 is 0. The maximum Gasteiger partial charge on any atom is 0.193 e. The molecule has 3 N–H and O–H groups in total. The van der Waals surface area contributed by atoms with Gasteiger partial charge in [0.25, 0.3) is 0 Å². The van der Waals surface area contributed by atoms with Gasteiger partial charge in [-0.1, -0.05) is 18.2 Å². The molecule has 0 unspecified atom stereocenters. The predicted octanol–water partition coefficient (Wildman–Crippen LogP) is 3.52. The fraction of sp³-hybridized carbons (Fsp3) is 0.316. The van der Waals surface area contributed by atoms with Gasteiger partial charge >= 0.3 is 0 Å². The van der Waals surface area contributed by atoms with Crippen molar-refractivity contribution in [2.24, 2.45) is 10.7 Å². The molecule has 0 spiro atoms. The van der Waals surface area contributed by atoms with Crippen molar-refractivity contribution in [3.63, 3.8) is 0 Å². The second kappa shape index (κ2) is 7.42. The van der Waals surface area contributed by atoms with Gasteiger partial charge in [0.15, 0.2) is 17.5 Å². The highest BCUT2D eigenvalue weighted by Crippen LogP contribution is 2.39. The highest BCUT2D eigenvalue weighted by atomic mass is 19.1. The molecule has 0 heterocycles. The third-order valence-electron chi connectivity index (χ3n) is 4.44. The monoisotopic (exact) mass is 343 g/mol. The Hall–Kier alpha value is -2.76. The minimum Gasteiger partial charge on any atom is -0.493 e. The highest BCUT2D eigenvalue weighted by Gasteiger charge is 2.31. The number of nitrogens with two attached hydrogens (primary N) is 1. The molecule has 1 fully saturated rings. The molecule has 0 aliphatic heterocycles. The van der Waals surface area contributed by atoms with Crippen LogP contribution in [-0.4, -0.2) is 26.2 Å². The maximum atomic E-state index is 13.8. The van der Waals surface area contributed by atoms with E-state index in [1.807, 2.05) is 18.2 Å². The van der Waals surface area contributed by atoms with Gasteiger partial charge in [-0.25, -0.2) is 9.38 Å². The van der Waals surface area contributed by atoms with E-state index in [2.05, 4.69) is 10.3 Å². The van der Waals surface area contributed by atoms with Crippen LogP contribution < -0.4 is 20.5 Å². The van der Waals surface area contributed by atoms with Gasteiger partial charge in [0, 0.05) is 11.8 Å². The molecule has 0 amide bonds. The number of ether oxygens (including phenoxy) is 2. The minimum atomic E-state index is -0.147. The quantitative estimate of drug-likeness (QED) is 0.644. The molecule has 25 heavy (non-hydrogen) atoms. The van der Waals surface area contributed by atoms with E-state index >= 15 is 0 Å². The van der Waals surface area contributed by atoms with Crippen molar-refractivity contribution in [3.05, 3.63) is 53.8 Å². The Balaban J connectivity index is 1.59. The lowest BCUT2D eigenvalue weighted by molar-refractivity contribution is 0.344. The zero-order valence-corrected chi connectivity index (χ0v) is 14.3. The number of aliphatic imine (C=N–C) groups is 1. The van der Waals surface area contributed by atoms with Crippen molar-refractivity contribution in [2.75, 3.05) is 19.5 Å². The smallest absolute Gasteiger partial charge is 0.193 e. The Morgan fingerprint density at radius 2 is 1.84 bits per heavy atom. The number of halogens is 1. The summed E-state index contributed by atoms with van der Waals surface area (Å²) in [6.07, 6.45) is 1.60. The van der Waals surface area contributed by atoms with E-state index in [0.717, 1.165) is 24.1 Å². The Kier molecular flexibility index (Phi) is 5.07. The zero-order chi connectivity index (χ0) is 17.8. The predicted molar refractivity (Wildman–Crippen MR) is 97.0 cm³/mol. The van der Waals surface area contributed by atoms with Crippen molar-refractivity contribution >= 4 is 11.6 Å². The largest absolute Gasteiger partial charge is 0.493 e. The highest BCUT2D eigenvalue weighted by molar-refractivity contribution is 5.92. The minimum absolute atomic E-state index is 0.109. The summed E-state index contributed by atoms with van der Waals surface area (Å²) in [7, 11) is 3.17. The van der Waals surface area contributed by atoms with Crippen molar-refractivity contribution in [1.29, 1.82) is 0 Å². The molecule has 3 rings (SSSR count). The van der Waals surface area contributed by atoms with Crippen LogP contribution in [0.4, 0.5) is 10.1 Å². The molecular formula is C19H22FN3O2. The van der Waals surface area contributed by atoms with E-state index in [1.54, 1.807) is 32.4 Å². The van der Waals surface area contributed by atoms with Crippen LogP contribution in [0.2, 0.25) is 0 Å². The number of hydrogen-bond acceptors (Lipinski definition) is 3. The number of methoxy groups -OCH3 is 2. The Morgan fingerprint density at radius 3 is 2.52 bits per heavy atom. The van der Waals surface area contributed by atoms with Crippen molar-refractivity contribution < 1.29 is 13.9 Å². The van der Waals surface area contributed by atoms with Gasteiger partial charge in [0.2, 0.25) is 0 Å². The van der Waals surface area contributed by atoms with Gasteiger partial charge in [-0.05, 0) is 42.5 Å². The lowest BCUT2D eigenvalue weighted by Gasteiger charge is -2.33. The van der Waals surface area contributed by atoms with Crippen LogP contribution in [0, 0.1) is 5.82 Å². The van der Waals surface area contributed by atoms with Crippen molar-refractivity contribution in [2.45, 2.75) is 24.8 Å². The number of nitrogens with zero attached hydrogens (tertiary/aromatic N) is 1. The Labute approximate surface area is 146 Å². The van der Waals surface area contributed by atoms with Crippen molar-refractivity contribution in [1.82, 2.24) is 0 Å². The SMILES string of the molecule is COc1ccc(NC(N)=NC2CC(c3ccccc3F)C2)cc1OC. The van der Waals surface area contributed by atoms with Crippen LogP contribution in [0.1, 0.15) is 24.3 Å². The Bertz CT molecular complexity index is 773. The molecular weight excluding hydrogens is 321 g/mol. The molecule has 0 bridgehead atoms. The van der Waals surface area contributed by atoms with Gasteiger partial charge in [0.1, 0.15) is 5.82 Å². The normalized spacial score (nSPS) is 19.9. The third-order valence-corrected chi connectivity index (χ3v) is 4.44. The molecule has 6 heteroatoms. The fourth-order valence-corrected chi connectivity index (χ4v) is 3.04. The van der Waals surface area contributed by atoms with E-state index in [0.29, 0.717) is 17.5 Å².